The second-order valence-electron chi connectivity index (χ2n) is 7.75. The van der Waals surface area contributed by atoms with Gasteiger partial charge < -0.3 is 9.47 Å². The molecule has 27 heavy (non-hydrogen) atoms. The Kier molecular flexibility index (Phi) is 6.68. The topological polar surface area (TPSA) is 35.5 Å². The summed E-state index contributed by atoms with van der Waals surface area (Å²) in [6.45, 7) is 6.85. The first-order valence-electron chi connectivity index (χ1n) is 9.92. The summed E-state index contributed by atoms with van der Waals surface area (Å²) < 4.78 is 11.3. The molecule has 2 aromatic carbocycles. The minimum Gasteiger partial charge on any atom is -0.461 e. The molecule has 3 atom stereocenters. The first-order valence-corrected chi connectivity index (χ1v) is 9.92. The van der Waals surface area contributed by atoms with Gasteiger partial charge >= 0.3 is 5.97 Å². The van der Waals surface area contributed by atoms with Crippen molar-refractivity contribution >= 4 is 5.97 Å². The maximum atomic E-state index is 10.9. The molecule has 0 radical (unpaired) electrons. The summed E-state index contributed by atoms with van der Waals surface area (Å²) in [6.07, 6.45) is 3.89. The van der Waals surface area contributed by atoms with E-state index in [2.05, 4.69) is 50.2 Å². The molecule has 1 fully saturated rings. The number of esters is 1. The van der Waals surface area contributed by atoms with E-state index in [0.29, 0.717) is 31.2 Å². The van der Waals surface area contributed by atoms with E-state index < -0.39 is 0 Å². The number of carbonyl (C=O) groups is 1. The average Bonchev–Trinajstić information content (AvgIpc) is 2.67. The molecule has 0 N–H and O–H groups in total. The van der Waals surface area contributed by atoms with Gasteiger partial charge in [0, 0.05) is 6.92 Å². The lowest BCUT2D eigenvalue weighted by Gasteiger charge is -2.36. The zero-order valence-electron chi connectivity index (χ0n) is 16.6. The van der Waals surface area contributed by atoms with Crippen molar-refractivity contribution in [2.45, 2.75) is 65.3 Å². The zero-order chi connectivity index (χ0) is 19.2. The van der Waals surface area contributed by atoms with Gasteiger partial charge in [-0.25, -0.2) is 0 Å². The van der Waals surface area contributed by atoms with Crippen molar-refractivity contribution in [2.24, 2.45) is 5.92 Å². The van der Waals surface area contributed by atoms with Gasteiger partial charge in [0.25, 0.3) is 0 Å². The smallest absolute Gasteiger partial charge is 0.302 e. The minimum atomic E-state index is -0.253. The molecule has 3 nitrogen and oxygen atoms in total. The largest absolute Gasteiger partial charge is 0.461 e. The Morgan fingerprint density at radius 2 is 1.59 bits per heavy atom. The van der Waals surface area contributed by atoms with E-state index in [1.807, 2.05) is 12.1 Å². The summed E-state index contributed by atoms with van der Waals surface area (Å²) in [4.78, 5) is 10.9. The second kappa shape index (κ2) is 9.18. The van der Waals surface area contributed by atoms with Gasteiger partial charge in [0.05, 0.1) is 12.7 Å². The molecule has 0 amide bonds. The Morgan fingerprint density at radius 1 is 0.963 bits per heavy atom. The van der Waals surface area contributed by atoms with Gasteiger partial charge in [-0.1, -0.05) is 67.4 Å². The summed E-state index contributed by atoms with van der Waals surface area (Å²) in [5.74, 6) is 0.844. The van der Waals surface area contributed by atoms with Crippen LogP contribution in [0.1, 0.15) is 61.3 Å². The normalized spacial score (nSPS) is 22.4. The van der Waals surface area contributed by atoms with Gasteiger partial charge in [0.2, 0.25) is 0 Å². The highest BCUT2D eigenvalue weighted by Crippen LogP contribution is 2.39. The van der Waals surface area contributed by atoms with Crippen molar-refractivity contribution in [1.82, 2.24) is 0 Å². The van der Waals surface area contributed by atoms with Crippen LogP contribution in [0.25, 0.3) is 0 Å². The first-order chi connectivity index (χ1) is 13.0. The first kappa shape index (κ1) is 19.6. The summed E-state index contributed by atoms with van der Waals surface area (Å²) in [5.41, 5.74) is 4.91. The lowest BCUT2D eigenvalue weighted by atomic mass is 9.74. The Hall–Kier alpha value is -2.13. The van der Waals surface area contributed by atoms with Crippen molar-refractivity contribution in [1.29, 1.82) is 0 Å². The highest BCUT2D eigenvalue weighted by atomic mass is 16.5. The van der Waals surface area contributed by atoms with E-state index in [9.17, 15) is 4.79 Å². The number of hydrogen-bond acceptors (Lipinski definition) is 3. The highest BCUT2D eigenvalue weighted by molar-refractivity contribution is 5.65. The van der Waals surface area contributed by atoms with Gasteiger partial charge in [-0.3, -0.25) is 4.79 Å². The van der Waals surface area contributed by atoms with E-state index in [1.165, 1.54) is 30.9 Å². The fraction of sp³-hybridized carbons (Fsp3) is 0.458. The second-order valence-corrected chi connectivity index (χ2v) is 7.75. The summed E-state index contributed by atoms with van der Waals surface area (Å²) in [6, 6.07) is 17.1. The molecule has 0 spiro atoms. The Bertz CT molecular complexity index is 733. The van der Waals surface area contributed by atoms with Crippen LogP contribution in [0.4, 0.5) is 0 Å². The summed E-state index contributed by atoms with van der Waals surface area (Å²) >= 11 is 0. The quantitative estimate of drug-likeness (QED) is 0.629. The number of rotatable bonds is 6. The number of carbonyl (C=O) groups excluding carboxylic acids is 1. The van der Waals surface area contributed by atoms with Gasteiger partial charge in [-0.05, 0) is 48.3 Å². The van der Waals surface area contributed by atoms with Crippen LogP contribution < -0.4 is 0 Å². The van der Waals surface area contributed by atoms with Gasteiger partial charge in [0.15, 0.2) is 0 Å². The number of ether oxygens (including phenoxy) is 2. The van der Waals surface area contributed by atoms with E-state index in [-0.39, 0.29) is 5.97 Å². The third-order valence-electron chi connectivity index (χ3n) is 5.66. The molecule has 1 aliphatic rings. The van der Waals surface area contributed by atoms with Crippen LogP contribution in [-0.4, -0.2) is 12.1 Å². The summed E-state index contributed by atoms with van der Waals surface area (Å²) in [7, 11) is 0. The molecular weight excluding hydrogens is 336 g/mol. The minimum absolute atomic E-state index is 0.253. The van der Waals surface area contributed by atoms with Crippen molar-refractivity contribution in [3.63, 3.8) is 0 Å². The van der Waals surface area contributed by atoms with E-state index >= 15 is 0 Å². The molecule has 0 bridgehead atoms. The van der Waals surface area contributed by atoms with Gasteiger partial charge in [-0.15, -0.1) is 0 Å². The fourth-order valence-electron chi connectivity index (χ4n) is 3.96. The number of benzene rings is 2. The van der Waals surface area contributed by atoms with Crippen molar-refractivity contribution in [3.8, 4) is 0 Å². The fourth-order valence-corrected chi connectivity index (χ4v) is 3.96. The van der Waals surface area contributed by atoms with Crippen LogP contribution in [0.5, 0.6) is 0 Å². The van der Waals surface area contributed by atoms with Crippen LogP contribution in [0, 0.1) is 12.8 Å². The Morgan fingerprint density at radius 3 is 2.22 bits per heavy atom. The van der Waals surface area contributed by atoms with Crippen molar-refractivity contribution in [3.05, 3.63) is 70.8 Å². The molecule has 0 heterocycles. The monoisotopic (exact) mass is 366 g/mol. The van der Waals surface area contributed by atoms with Crippen LogP contribution in [0.2, 0.25) is 0 Å². The molecule has 2 aromatic rings. The van der Waals surface area contributed by atoms with Crippen molar-refractivity contribution in [2.75, 3.05) is 0 Å². The zero-order valence-corrected chi connectivity index (χ0v) is 16.6. The van der Waals surface area contributed by atoms with Crippen molar-refractivity contribution < 1.29 is 14.3 Å². The third kappa shape index (κ3) is 5.43. The number of aryl methyl sites for hydroxylation is 1. The predicted molar refractivity (Wildman–Crippen MR) is 107 cm³/mol. The maximum absolute atomic E-state index is 10.9. The summed E-state index contributed by atoms with van der Waals surface area (Å²) in [5, 5.41) is 0. The molecule has 3 heteroatoms. The van der Waals surface area contributed by atoms with E-state index in [0.717, 1.165) is 17.5 Å². The molecule has 144 valence electrons. The van der Waals surface area contributed by atoms with E-state index in [1.54, 1.807) is 0 Å². The molecule has 3 rings (SSSR count). The Labute approximate surface area is 162 Å². The lowest BCUT2D eigenvalue weighted by molar-refractivity contribution is -0.142. The Balaban J connectivity index is 1.55. The van der Waals surface area contributed by atoms with E-state index in [4.69, 9.17) is 9.47 Å². The van der Waals surface area contributed by atoms with Gasteiger partial charge in [0.1, 0.15) is 6.61 Å². The van der Waals surface area contributed by atoms with Crippen LogP contribution in [0.3, 0.4) is 0 Å². The molecule has 1 saturated carbocycles. The van der Waals surface area contributed by atoms with Gasteiger partial charge in [-0.2, -0.15) is 0 Å². The highest BCUT2D eigenvalue weighted by Gasteiger charge is 2.31. The maximum Gasteiger partial charge on any atom is 0.302 e. The molecule has 3 unspecified atom stereocenters. The molecule has 0 saturated heterocycles. The van der Waals surface area contributed by atoms with Crippen LogP contribution in [0.15, 0.2) is 48.5 Å². The van der Waals surface area contributed by atoms with Crippen LogP contribution in [-0.2, 0) is 27.5 Å². The predicted octanol–water partition coefficient (Wildman–Crippen LogP) is 5.55. The molecular formula is C24H30O3. The molecule has 0 aliphatic heterocycles. The SMILES string of the molecule is CC(=O)OCc1ccc(COC2CCCC(c3ccc(C)cc3)C2C)cc1. The molecule has 1 aliphatic carbocycles. The average molecular weight is 367 g/mol. The van der Waals surface area contributed by atoms with Crippen LogP contribution >= 0.6 is 0 Å². The molecule has 0 aromatic heterocycles. The standard InChI is InChI=1S/C24H30O3/c1-17-7-13-22(14-8-17)23-5-4-6-24(18(23)2)27-16-21-11-9-20(10-12-21)15-26-19(3)25/h7-14,18,23-24H,4-6,15-16H2,1-3H3. The lowest BCUT2D eigenvalue weighted by Crippen LogP contribution is -2.31. The number of hydrogen-bond donors (Lipinski definition) is 0. The third-order valence-corrected chi connectivity index (χ3v) is 5.66.